The summed E-state index contributed by atoms with van der Waals surface area (Å²) in [7, 11) is 0. The van der Waals surface area contributed by atoms with E-state index in [1.165, 1.54) is 6.07 Å². The molecule has 1 aliphatic heterocycles. The fourth-order valence-electron chi connectivity index (χ4n) is 2.50. The Bertz CT molecular complexity index is 723. The van der Waals surface area contributed by atoms with E-state index < -0.39 is 5.97 Å². The summed E-state index contributed by atoms with van der Waals surface area (Å²) in [6.45, 7) is 2.43. The second-order valence-electron chi connectivity index (χ2n) is 5.04. The van der Waals surface area contributed by atoms with Crippen LogP contribution < -0.4 is 4.90 Å². The topological polar surface area (TPSA) is 70.5 Å². The highest BCUT2D eigenvalue weighted by Gasteiger charge is 2.26. The standard InChI is InChI=1S/C16H14N2O3/c1-10-2-3-13(9-17-10)15(19)18-7-6-11-8-12(16(20)21)4-5-14(11)18/h2-5,8-9H,6-7H2,1H3,(H,20,21). The highest BCUT2D eigenvalue weighted by Crippen LogP contribution is 2.30. The van der Waals surface area contributed by atoms with E-state index in [-0.39, 0.29) is 11.5 Å². The number of carbonyl (C=O) groups is 2. The van der Waals surface area contributed by atoms with Crippen molar-refractivity contribution in [3.63, 3.8) is 0 Å². The molecule has 0 fully saturated rings. The third kappa shape index (κ3) is 2.38. The van der Waals surface area contributed by atoms with Gasteiger partial charge in [-0.3, -0.25) is 9.78 Å². The highest BCUT2D eigenvalue weighted by molar-refractivity contribution is 6.07. The normalized spacial score (nSPS) is 13.1. The lowest BCUT2D eigenvalue weighted by atomic mass is 10.1. The van der Waals surface area contributed by atoms with E-state index in [9.17, 15) is 9.59 Å². The lowest BCUT2D eigenvalue weighted by Gasteiger charge is -2.17. The Kier molecular flexibility index (Phi) is 3.17. The third-order valence-electron chi connectivity index (χ3n) is 3.63. The highest BCUT2D eigenvalue weighted by atomic mass is 16.4. The molecule has 0 unspecified atom stereocenters. The first-order chi connectivity index (χ1) is 10.1. The number of aromatic nitrogens is 1. The number of carbonyl (C=O) groups excluding carboxylic acids is 1. The number of rotatable bonds is 2. The van der Waals surface area contributed by atoms with Crippen LogP contribution in [0.5, 0.6) is 0 Å². The van der Waals surface area contributed by atoms with E-state index in [1.54, 1.807) is 35.4 Å². The zero-order valence-corrected chi connectivity index (χ0v) is 11.5. The van der Waals surface area contributed by atoms with E-state index in [1.807, 2.05) is 6.92 Å². The smallest absolute Gasteiger partial charge is 0.335 e. The summed E-state index contributed by atoms with van der Waals surface area (Å²) in [6, 6.07) is 8.43. The van der Waals surface area contributed by atoms with Gasteiger partial charge in [-0.15, -0.1) is 0 Å². The van der Waals surface area contributed by atoms with Gasteiger partial charge in [-0.25, -0.2) is 4.79 Å². The van der Waals surface area contributed by atoms with Crippen LogP contribution in [0.4, 0.5) is 5.69 Å². The number of hydrogen-bond acceptors (Lipinski definition) is 3. The number of nitrogens with zero attached hydrogens (tertiary/aromatic N) is 2. The molecule has 0 radical (unpaired) electrons. The van der Waals surface area contributed by atoms with Crippen LogP contribution in [0.3, 0.4) is 0 Å². The average Bonchev–Trinajstić information content (AvgIpc) is 2.90. The monoisotopic (exact) mass is 282 g/mol. The zero-order chi connectivity index (χ0) is 15.0. The van der Waals surface area contributed by atoms with E-state index in [0.29, 0.717) is 18.5 Å². The number of fused-ring (bicyclic) bond motifs is 1. The molecule has 5 nitrogen and oxygen atoms in total. The number of pyridine rings is 1. The quantitative estimate of drug-likeness (QED) is 0.917. The predicted molar refractivity (Wildman–Crippen MR) is 77.8 cm³/mol. The maximum absolute atomic E-state index is 12.5. The molecule has 0 saturated carbocycles. The number of carboxylic acids is 1. The van der Waals surface area contributed by atoms with Crippen LogP contribution in [0.2, 0.25) is 0 Å². The van der Waals surface area contributed by atoms with E-state index in [2.05, 4.69) is 4.98 Å². The summed E-state index contributed by atoms with van der Waals surface area (Å²) < 4.78 is 0. The summed E-state index contributed by atoms with van der Waals surface area (Å²) in [5.41, 5.74) is 3.32. The van der Waals surface area contributed by atoms with Gasteiger partial charge in [0.25, 0.3) is 5.91 Å². The molecule has 1 aromatic carbocycles. The molecule has 21 heavy (non-hydrogen) atoms. The van der Waals surface area contributed by atoms with Crippen LogP contribution in [0.1, 0.15) is 32.0 Å². The molecule has 1 aliphatic rings. The second-order valence-corrected chi connectivity index (χ2v) is 5.04. The van der Waals surface area contributed by atoms with Gasteiger partial charge in [0.2, 0.25) is 0 Å². The fourth-order valence-corrected chi connectivity index (χ4v) is 2.50. The number of aromatic carboxylic acids is 1. The van der Waals surface area contributed by atoms with Crippen molar-refractivity contribution in [3.8, 4) is 0 Å². The van der Waals surface area contributed by atoms with Crippen molar-refractivity contribution >= 4 is 17.6 Å². The molecule has 3 rings (SSSR count). The van der Waals surface area contributed by atoms with Crippen LogP contribution >= 0.6 is 0 Å². The van der Waals surface area contributed by atoms with Crippen LogP contribution in [0.15, 0.2) is 36.5 Å². The molecule has 0 saturated heterocycles. The van der Waals surface area contributed by atoms with Crippen LogP contribution in [-0.4, -0.2) is 28.5 Å². The Morgan fingerprint density at radius 2 is 1.95 bits per heavy atom. The van der Waals surface area contributed by atoms with Gasteiger partial charge in [0.15, 0.2) is 0 Å². The van der Waals surface area contributed by atoms with Crippen molar-refractivity contribution in [2.24, 2.45) is 0 Å². The molecular weight excluding hydrogens is 268 g/mol. The van der Waals surface area contributed by atoms with Gasteiger partial charge in [-0.2, -0.15) is 0 Å². The predicted octanol–water partition coefficient (Wildman–Crippen LogP) is 2.29. The maximum Gasteiger partial charge on any atom is 0.335 e. The Hall–Kier alpha value is -2.69. The van der Waals surface area contributed by atoms with Crippen LogP contribution in [0.25, 0.3) is 0 Å². The van der Waals surface area contributed by atoms with Gasteiger partial charge in [-0.05, 0) is 49.2 Å². The molecule has 0 atom stereocenters. The first kappa shape index (κ1) is 13.3. The number of anilines is 1. The number of hydrogen-bond donors (Lipinski definition) is 1. The first-order valence-corrected chi connectivity index (χ1v) is 6.67. The largest absolute Gasteiger partial charge is 0.478 e. The van der Waals surface area contributed by atoms with Crippen molar-refractivity contribution in [2.75, 3.05) is 11.4 Å². The second kappa shape index (κ2) is 5.01. The van der Waals surface area contributed by atoms with Crippen molar-refractivity contribution in [1.82, 2.24) is 4.98 Å². The Morgan fingerprint density at radius 3 is 2.62 bits per heavy atom. The fraction of sp³-hybridized carbons (Fsp3) is 0.188. The van der Waals surface area contributed by atoms with Gasteiger partial charge >= 0.3 is 5.97 Å². The molecule has 2 aromatic rings. The number of benzene rings is 1. The molecule has 1 aromatic heterocycles. The lowest BCUT2D eigenvalue weighted by Crippen LogP contribution is -2.28. The van der Waals surface area contributed by atoms with Crippen molar-refractivity contribution in [2.45, 2.75) is 13.3 Å². The van der Waals surface area contributed by atoms with Crippen molar-refractivity contribution in [1.29, 1.82) is 0 Å². The molecule has 0 spiro atoms. The molecular formula is C16H14N2O3. The molecule has 0 aliphatic carbocycles. The average molecular weight is 282 g/mol. The van der Waals surface area contributed by atoms with Gasteiger partial charge in [0, 0.05) is 24.1 Å². The Morgan fingerprint density at radius 1 is 1.19 bits per heavy atom. The van der Waals surface area contributed by atoms with Gasteiger partial charge in [-0.1, -0.05) is 0 Å². The molecule has 5 heteroatoms. The van der Waals surface area contributed by atoms with Gasteiger partial charge < -0.3 is 10.0 Å². The Labute approximate surface area is 121 Å². The number of carboxylic acid groups (broad SMARTS) is 1. The van der Waals surface area contributed by atoms with Crippen LogP contribution in [0, 0.1) is 6.92 Å². The van der Waals surface area contributed by atoms with E-state index >= 15 is 0 Å². The molecule has 1 amide bonds. The maximum atomic E-state index is 12.5. The third-order valence-corrected chi connectivity index (χ3v) is 3.63. The summed E-state index contributed by atoms with van der Waals surface area (Å²) in [6.07, 6.45) is 2.24. The minimum absolute atomic E-state index is 0.107. The SMILES string of the molecule is Cc1ccc(C(=O)N2CCc3cc(C(=O)O)ccc32)cn1. The number of aryl methyl sites for hydroxylation is 1. The lowest BCUT2D eigenvalue weighted by molar-refractivity contribution is 0.0696. The minimum atomic E-state index is -0.953. The summed E-state index contributed by atoms with van der Waals surface area (Å²) in [4.78, 5) is 29.3. The molecule has 106 valence electrons. The molecule has 0 bridgehead atoms. The first-order valence-electron chi connectivity index (χ1n) is 6.67. The Balaban J connectivity index is 1.92. The van der Waals surface area contributed by atoms with E-state index in [4.69, 9.17) is 5.11 Å². The van der Waals surface area contributed by atoms with Gasteiger partial charge in [0.1, 0.15) is 0 Å². The van der Waals surface area contributed by atoms with Crippen molar-refractivity contribution in [3.05, 3.63) is 58.9 Å². The molecule has 2 heterocycles. The summed E-state index contributed by atoms with van der Waals surface area (Å²) in [5, 5.41) is 9.01. The zero-order valence-electron chi connectivity index (χ0n) is 11.5. The van der Waals surface area contributed by atoms with Crippen molar-refractivity contribution < 1.29 is 14.7 Å². The molecule has 1 N–H and O–H groups in total. The summed E-state index contributed by atoms with van der Waals surface area (Å²) >= 11 is 0. The minimum Gasteiger partial charge on any atom is -0.478 e. The van der Waals surface area contributed by atoms with Crippen LogP contribution in [-0.2, 0) is 6.42 Å². The number of amides is 1. The summed E-state index contributed by atoms with van der Waals surface area (Å²) in [5.74, 6) is -1.06. The van der Waals surface area contributed by atoms with Gasteiger partial charge in [0.05, 0.1) is 11.1 Å². The van der Waals surface area contributed by atoms with E-state index in [0.717, 1.165) is 16.9 Å².